The van der Waals surface area contributed by atoms with E-state index in [2.05, 4.69) is 25.8 Å². The van der Waals surface area contributed by atoms with Crippen LogP contribution in [-0.4, -0.2) is 13.3 Å². The van der Waals surface area contributed by atoms with Gasteiger partial charge >= 0.3 is 0 Å². The Morgan fingerprint density at radius 1 is 1.25 bits per heavy atom. The van der Waals surface area contributed by atoms with Crippen LogP contribution in [0, 0.1) is 0 Å². The van der Waals surface area contributed by atoms with E-state index in [0.717, 1.165) is 0 Å². The first-order valence-corrected chi connectivity index (χ1v) is 4.80. The van der Waals surface area contributed by atoms with Gasteiger partial charge in [0.2, 0.25) is 0 Å². The van der Waals surface area contributed by atoms with Crippen LogP contribution in [0.5, 0.6) is 0 Å². The molecule has 0 radical (unpaired) electrons. The van der Waals surface area contributed by atoms with Gasteiger partial charge in [-0.25, -0.2) is 0 Å². The highest BCUT2D eigenvalue weighted by atomic mass is 14.6. The lowest BCUT2D eigenvalue weighted by atomic mass is 10.0. The van der Waals surface area contributed by atoms with Gasteiger partial charge in [-0.1, -0.05) is 25.3 Å². The maximum atomic E-state index is 4.00. The molecule has 0 bridgehead atoms. The van der Waals surface area contributed by atoms with Crippen molar-refractivity contribution in [2.45, 2.75) is 46.5 Å². The number of hydrogen-bond acceptors (Lipinski definition) is 1. The van der Waals surface area contributed by atoms with Crippen molar-refractivity contribution < 1.29 is 0 Å². The fourth-order valence-electron chi connectivity index (χ4n) is 1.14. The van der Waals surface area contributed by atoms with Gasteiger partial charge in [0.05, 0.1) is 0 Å². The van der Waals surface area contributed by atoms with Gasteiger partial charge in [-0.05, 0) is 32.3 Å². The molecular formula is C11H21N. The van der Waals surface area contributed by atoms with E-state index in [-0.39, 0.29) is 0 Å². The molecule has 0 rings (SSSR count). The van der Waals surface area contributed by atoms with Crippen LogP contribution in [0.2, 0.25) is 0 Å². The van der Waals surface area contributed by atoms with E-state index in [9.17, 15) is 0 Å². The summed E-state index contributed by atoms with van der Waals surface area (Å²) in [7, 11) is 1.82. The Morgan fingerprint density at radius 2 is 1.92 bits per heavy atom. The van der Waals surface area contributed by atoms with Crippen molar-refractivity contribution in [3.63, 3.8) is 0 Å². The lowest BCUT2D eigenvalue weighted by Gasteiger charge is -2.02. The van der Waals surface area contributed by atoms with Crippen LogP contribution in [-0.2, 0) is 0 Å². The second-order valence-electron chi connectivity index (χ2n) is 3.31. The van der Waals surface area contributed by atoms with E-state index in [4.69, 9.17) is 0 Å². The van der Waals surface area contributed by atoms with Crippen molar-refractivity contribution in [1.82, 2.24) is 0 Å². The Labute approximate surface area is 76.6 Å². The van der Waals surface area contributed by atoms with Gasteiger partial charge in [0.1, 0.15) is 0 Å². The minimum absolute atomic E-state index is 1.23. The fraction of sp³-hybridized carbons (Fsp3) is 0.727. The first-order chi connectivity index (χ1) is 5.72. The Morgan fingerprint density at radius 3 is 2.42 bits per heavy atom. The van der Waals surface area contributed by atoms with Crippen molar-refractivity contribution in [3.8, 4) is 0 Å². The Bertz CT molecular complexity index is 166. The highest BCUT2D eigenvalue weighted by Gasteiger charge is 1.93. The second-order valence-corrected chi connectivity index (χ2v) is 3.31. The quantitative estimate of drug-likeness (QED) is 0.438. The summed E-state index contributed by atoms with van der Waals surface area (Å²) in [6, 6.07) is 0. The fourth-order valence-corrected chi connectivity index (χ4v) is 1.14. The average Bonchev–Trinajstić information content (AvgIpc) is 2.05. The molecule has 0 aromatic rings. The molecule has 0 aliphatic heterocycles. The Balaban J connectivity index is 3.82. The van der Waals surface area contributed by atoms with Crippen molar-refractivity contribution in [3.05, 3.63) is 11.1 Å². The third-order valence-electron chi connectivity index (χ3n) is 2.15. The predicted octanol–water partition coefficient (Wildman–Crippen LogP) is 3.60. The summed E-state index contributed by atoms with van der Waals surface area (Å²) in [6.07, 6.45) is 7.13. The summed E-state index contributed by atoms with van der Waals surface area (Å²) in [4.78, 5) is 4.00. The van der Waals surface area contributed by atoms with Crippen molar-refractivity contribution in [2.75, 3.05) is 7.05 Å². The molecule has 0 aromatic carbocycles. The summed E-state index contributed by atoms with van der Waals surface area (Å²) in [5.74, 6) is 0. The van der Waals surface area contributed by atoms with Gasteiger partial charge < -0.3 is 0 Å². The first kappa shape index (κ1) is 11.4. The van der Waals surface area contributed by atoms with Crippen molar-refractivity contribution in [2.24, 2.45) is 4.99 Å². The van der Waals surface area contributed by atoms with Crippen LogP contribution >= 0.6 is 0 Å². The molecule has 0 heterocycles. The second kappa shape index (κ2) is 7.08. The zero-order chi connectivity index (χ0) is 9.40. The summed E-state index contributed by atoms with van der Waals surface area (Å²) >= 11 is 0. The zero-order valence-electron chi connectivity index (χ0n) is 8.85. The van der Waals surface area contributed by atoms with E-state index in [0.29, 0.717) is 0 Å². The van der Waals surface area contributed by atoms with Crippen LogP contribution in [0.3, 0.4) is 0 Å². The van der Waals surface area contributed by atoms with Crippen LogP contribution in [0.25, 0.3) is 0 Å². The van der Waals surface area contributed by atoms with Gasteiger partial charge in [-0.3, -0.25) is 4.99 Å². The molecule has 0 N–H and O–H groups in total. The summed E-state index contributed by atoms with van der Waals surface area (Å²) in [5.41, 5.74) is 2.81. The number of allylic oxidation sites excluding steroid dienone is 2. The minimum atomic E-state index is 1.23. The molecule has 0 saturated carbocycles. The number of rotatable bonds is 5. The molecule has 70 valence electrons. The molecule has 1 heteroatoms. The maximum absolute atomic E-state index is 4.00. The molecule has 0 aliphatic carbocycles. The molecule has 0 amide bonds. The molecular weight excluding hydrogens is 146 g/mol. The van der Waals surface area contributed by atoms with Gasteiger partial charge in [-0.2, -0.15) is 0 Å². The third kappa shape index (κ3) is 5.11. The molecule has 0 aliphatic rings. The van der Waals surface area contributed by atoms with Crippen molar-refractivity contribution >= 4 is 6.21 Å². The standard InChI is InChI=1S/C11H21N/c1-5-6-7-8-10(2)11(3)9-12-4/h9H,5-8H2,1-4H3/b11-10+,12-9-. The van der Waals surface area contributed by atoms with Gasteiger partial charge in [-0.15, -0.1) is 0 Å². The molecule has 0 saturated heterocycles. The molecule has 0 spiro atoms. The zero-order valence-corrected chi connectivity index (χ0v) is 8.85. The van der Waals surface area contributed by atoms with E-state index in [1.165, 1.54) is 36.8 Å². The van der Waals surface area contributed by atoms with Crippen LogP contribution in [0.1, 0.15) is 46.5 Å². The van der Waals surface area contributed by atoms with Gasteiger partial charge in [0, 0.05) is 13.3 Å². The lowest BCUT2D eigenvalue weighted by Crippen LogP contribution is -1.86. The number of unbranched alkanes of at least 4 members (excludes halogenated alkanes) is 2. The lowest BCUT2D eigenvalue weighted by molar-refractivity contribution is 0.711. The number of aliphatic imine (C=N–C) groups is 1. The third-order valence-corrected chi connectivity index (χ3v) is 2.15. The molecule has 0 aromatic heterocycles. The summed E-state index contributed by atoms with van der Waals surface area (Å²) in [5, 5.41) is 0. The smallest absolute Gasteiger partial charge is 0.0277 e. The normalized spacial score (nSPS) is 13.7. The van der Waals surface area contributed by atoms with E-state index in [1.54, 1.807) is 0 Å². The molecule has 0 fully saturated rings. The molecule has 0 atom stereocenters. The van der Waals surface area contributed by atoms with Gasteiger partial charge in [0.25, 0.3) is 0 Å². The monoisotopic (exact) mass is 167 g/mol. The SMILES string of the molecule is CCCCC/C(C)=C(C)/C=N\C. The van der Waals surface area contributed by atoms with Crippen LogP contribution < -0.4 is 0 Å². The molecule has 12 heavy (non-hydrogen) atoms. The maximum Gasteiger partial charge on any atom is 0.0277 e. The van der Waals surface area contributed by atoms with Gasteiger partial charge in [0.15, 0.2) is 0 Å². The minimum Gasteiger partial charge on any atom is -0.296 e. The highest BCUT2D eigenvalue weighted by Crippen LogP contribution is 2.11. The number of nitrogens with zero attached hydrogens (tertiary/aromatic N) is 1. The molecule has 1 nitrogen and oxygen atoms in total. The predicted molar refractivity (Wildman–Crippen MR) is 56.9 cm³/mol. The van der Waals surface area contributed by atoms with E-state index in [1.807, 2.05) is 13.3 Å². The summed E-state index contributed by atoms with van der Waals surface area (Å²) in [6.45, 7) is 6.57. The van der Waals surface area contributed by atoms with Crippen LogP contribution in [0.15, 0.2) is 16.1 Å². The largest absolute Gasteiger partial charge is 0.296 e. The first-order valence-electron chi connectivity index (χ1n) is 4.80. The Kier molecular flexibility index (Phi) is 6.73. The van der Waals surface area contributed by atoms with Crippen molar-refractivity contribution in [1.29, 1.82) is 0 Å². The molecule has 0 unspecified atom stereocenters. The highest BCUT2D eigenvalue weighted by molar-refractivity contribution is 5.78. The van der Waals surface area contributed by atoms with E-state index >= 15 is 0 Å². The topological polar surface area (TPSA) is 12.4 Å². The Hall–Kier alpha value is -0.590. The number of hydrogen-bond donors (Lipinski definition) is 0. The average molecular weight is 167 g/mol. The summed E-state index contributed by atoms with van der Waals surface area (Å²) < 4.78 is 0. The van der Waals surface area contributed by atoms with E-state index < -0.39 is 0 Å². The van der Waals surface area contributed by atoms with Crippen LogP contribution in [0.4, 0.5) is 0 Å².